The van der Waals surface area contributed by atoms with Crippen LogP contribution in [0.1, 0.15) is 0 Å². The van der Waals surface area contributed by atoms with Gasteiger partial charge in [0, 0.05) is 42.9 Å². The van der Waals surface area contributed by atoms with E-state index >= 15 is 0 Å². The smallest absolute Gasteiger partial charge is 0.132 e. The molecular formula is C24H24ClFN6O. The standard InChI is InChI=1S/C24H24ClFN6O/c1-31-7-8-32(13-17(31)14-33-2)16-10-23-22(27-11-16)6-5-21(29-23)19-12-28-30-24(19)18-9-15(25)3-4-20(18)26/h3-6,9-12,17H,7-8,13-14H2,1-2H3,(H,28,30). The number of likely N-dealkylation sites (N-methyl/N-ethyl adjacent to an activating group) is 1. The minimum atomic E-state index is -0.379. The number of pyridine rings is 2. The van der Waals surface area contributed by atoms with Crippen LogP contribution in [0, 0.1) is 5.82 Å². The van der Waals surface area contributed by atoms with Crippen molar-refractivity contribution in [1.82, 2.24) is 25.1 Å². The summed E-state index contributed by atoms with van der Waals surface area (Å²) in [6.45, 7) is 3.39. The molecule has 1 aliphatic heterocycles. The van der Waals surface area contributed by atoms with E-state index in [1.807, 2.05) is 18.3 Å². The predicted molar refractivity (Wildman–Crippen MR) is 128 cm³/mol. The molecule has 1 N–H and O–H groups in total. The number of methoxy groups -OCH3 is 1. The first-order chi connectivity index (χ1) is 16.0. The van der Waals surface area contributed by atoms with Crippen molar-refractivity contribution in [2.75, 3.05) is 45.3 Å². The predicted octanol–water partition coefficient (Wildman–Crippen LogP) is 4.25. The van der Waals surface area contributed by atoms with Crippen molar-refractivity contribution in [2.45, 2.75) is 6.04 Å². The number of piperazine rings is 1. The summed E-state index contributed by atoms with van der Waals surface area (Å²) in [6.07, 6.45) is 3.54. The zero-order valence-corrected chi connectivity index (χ0v) is 19.2. The Hall–Kier alpha value is -3.07. The van der Waals surface area contributed by atoms with Crippen LogP contribution in [0.5, 0.6) is 0 Å². The highest BCUT2D eigenvalue weighted by Crippen LogP contribution is 2.33. The largest absolute Gasteiger partial charge is 0.383 e. The van der Waals surface area contributed by atoms with Crippen LogP contribution >= 0.6 is 11.6 Å². The van der Waals surface area contributed by atoms with E-state index in [4.69, 9.17) is 21.3 Å². The quantitative estimate of drug-likeness (QED) is 0.474. The van der Waals surface area contributed by atoms with Crippen molar-refractivity contribution in [1.29, 1.82) is 0 Å². The second kappa shape index (κ2) is 9.05. The Morgan fingerprint density at radius 3 is 2.85 bits per heavy atom. The molecule has 1 saturated heterocycles. The van der Waals surface area contributed by atoms with E-state index in [1.165, 1.54) is 12.1 Å². The number of fused-ring (bicyclic) bond motifs is 1. The van der Waals surface area contributed by atoms with Gasteiger partial charge in [-0.15, -0.1) is 0 Å². The normalized spacial score (nSPS) is 17.1. The molecule has 0 spiro atoms. The lowest BCUT2D eigenvalue weighted by atomic mass is 10.0. The van der Waals surface area contributed by atoms with E-state index in [9.17, 15) is 4.39 Å². The van der Waals surface area contributed by atoms with Crippen LogP contribution in [-0.4, -0.2) is 71.5 Å². The molecule has 1 atom stereocenters. The minimum absolute atomic E-state index is 0.319. The summed E-state index contributed by atoms with van der Waals surface area (Å²) >= 11 is 6.10. The fourth-order valence-electron chi connectivity index (χ4n) is 4.25. The van der Waals surface area contributed by atoms with Crippen LogP contribution in [0.4, 0.5) is 10.1 Å². The molecule has 5 rings (SSSR count). The molecule has 0 radical (unpaired) electrons. The average Bonchev–Trinajstić information content (AvgIpc) is 3.31. The minimum Gasteiger partial charge on any atom is -0.383 e. The molecule has 9 heteroatoms. The van der Waals surface area contributed by atoms with Crippen molar-refractivity contribution >= 4 is 28.3 Å². The zero-order valence-electron chi connectivity index (χ0n) is 18.4. The van der Waals surface area contributed by atoms with Gasteiger partial charge < -0.3 is 9.64 Å². The number of rotatable bonds is 5. The summed E-state index contributed by atoms with van der Waals surface area (Å²) in [5.41, 5.74) is 4.85. The van der Waals surface area contributed by atoms with Gasteiger partial charge in [-0.3, -0.25) is 15.0 Å². The maximum Gasteiger partial charge on any atom is 0.132 e. The second-order valence-electron chi connectivity index (χ2n) is 8.25. The molecule has 33 heavy (non-hydrogen) atoms. The van der Waals surface area contributed by atoms with Gasteiger partial charge in [-0.25, -0.2) is 9.37 Å². The van der Waals surface area contributed by atoms with Gasteiger partial charge in [0.25, 0.3) is 0 Å². The molecule has 1 unspecified atom stereocenters. The van der Waals surface area contributed by atoms with Crippen LogP contribution < -0.4 is 4.90 Å². The number of anilines is 1. The molecule has 4 aromatic rings. The van der Waals surface area contributed by atoms with Gasteiger partial charge in [-0.1, -0.05) is 11.6 Å². The molecular weight excluding hydrogens is 443 g/mol. The second-order valence-corrected chi connectivity index (χ2v) is 8.68. The molecule has 0 saturated carbocycles. The third-order valence-electron chi connectivity index (χ3n) is 6.14. The number of H-pyrrole nitrogens is 1. The zero-order chi connectivity index (χ0) is 22.9. The number of nitrogens with zero attached hydrogens (tertiary/aromatic N) is 5. The van der Waals surface area contributed by atoms with Crippen molar-refractivity contribution in [2.24, 2.45) is 0 Å². The topological polar surface area (TPSA) is 70.2 Å². The van der Waals surface area contributed by atoms with Crippen LogP contribution in [-0.2, 0) is 4.74 Å². The summed E-state index contributed by atoms with van der Waals surface area (Å²) in [5.74, 6) is -0.379. The highest BCUT2D eigenvalue weighted by molar-refractivity contribution is 6.30. The highest BCUT2D eigenvalue weighted by atomic mass is 35.5. The van der Waals surface area contributed by atoms with Crippen molar-refractivity contribution in [3.63, 3.8) is 0 Å². The lowest BCUT2D eigenvalue weighted by Crippen LogP contribution is -2.53. The van der Waals surface area contributed by atoms with Crippen LogP contribution in [0.15, 0.2) is 48.8 Å². The first-order valence-corrected chi connectivity index (χ1v) is 11.1. The van der Waals surface area contributed by atoms with Crippen LogP contribution in [0.3, 0.4) is 0 Å². The Morgan fingerprint density at radius 2 is 2.00 bits per heavy atom. The van der Waals surface area contributed by atoms with Gasteiger partial charge in [-0.05, 0) is 43.4 Å². The Morgan fingerprint density at radius 1 is 1.12 bits per heavy atom. The van der Waals surface area contributed by atoms with Crippen molar-refractivity contribution in [3.05, 3.63) is 59.6 Å². The van der Waals surface area contributed by atoms with Gasteiger partial charge in [0.15, 0.2) is 0 Å². The van der Waals surface area contributed by atoms with Crippen LogP contribution in [0.2, 0.25) is 5.02 Å². The van der Waals surface area contributed by atoms with E-state index in [0.29, 0.717) is 40.2 Å². The molecule has 0 amide bonds. The SMILES string of the molecule is COCC1CN(c2cnc3ccc(-c4cn[nH]c4-c4cc(Cl)ccc4F)nc3c2)CCN1C. The Kier molecular flexibility index (Phi) is 5.97. The van der Waals surface area contributed by atoms with E-state index < -0.39 is 0 Å². The van der Waals surface area contributed by atoms with Gasteiger partial charge in [0.2, 0.25) is 0 Å². The van der Waals surface area contributed by atoms with Gasteiger partial charge in [0.05, 0.1) is 53.2 Å². The number of hydrogen-bond donors (Lipinski definition) is 1. The summed E-state index contributed by atoms with van der Waals surface area (Å²) in [6, 6.07) is 10.6. The highest BCUT2D eigenvalue weighted by Gasteiger charge is 2.25. The maximum absolute atomic E-state index is 14.5. The summed E-state index contributed by atoms with van der Waals surface area (Å²) in [7, 11) is 3.86. The van der Waals surface area contributed by atoms with E-state index in [-0.39, 0.29) is 5.82 Å². The third-order valence-corrected chi connectivity index (χ3v) is 6.37. The number of halogens is 2. The van der Waals surface area contributed by atoms with E-state index in [2.05, 4.69) is 38.1 Å². The summed E-state index contributed by atoms with van der Waals surface area (Å²) < 4.78 is 19.9. The average molecular weight is 467 g/mol. The molecule has 1 fully saturated rings. The molecule has 1 aliphatic rings. The first-order valence-electron chi connectivity index (χ1n) is 10.7. The Bertz CT molecular complexity index is 1300. The summed E-state index contributed by atoms with van der Waals surface area (Å²) in [4.78, 5) is 14.1. The lowest BCUT2D eigenvalue weighted by molar-refractivity contribution is 0.0987. The molecule has 170 valence electrons. The lowest BCUT2D eigenvalue weighted by Gasteiger charge is -2.40. The van der Waals surface area contributed by atoms with Gasteiger partial charge in [0.1, 0.15) is 5.82 Å². The molecule has 7 nitrogen and oxygen atoms in total. The van der Waals surface area contributed by atoms with Gasteiger partial charge >= 0.3 is 0 Å². The molecule has 0 aliphatic carbocycles. The molecule has 4 heterocycles. The molecule has 3 aromatic heterocycles. The van der Waals surface area contributed by atoms with Gasteiger partial charge in [-0.2, -0.15) is 5.10 Å². The van der Waals surface area contributed by atoms with E-state index in [0.717, 1.165) is 36.4 Å². The maximum atomic E-state index is 14.5. The molecule has 0 bridgehead atoms. The van der Waals surface area contributed by atoms with E-state index in [1.54, 1.807) is 19.4 Å². The fourth-order valence-corrected chi connectivity index (χ4v) is 4.42. The number of nitrogens with one attached hydrogen (secondary N) is 1. The fraction of sp³-hybridized carbons (Fsp3) is 0.292. The molecule has 1 aromatic carbocycles. The Labute approximate surface area is 196 Å². The Balaban J connectivity index is 1.50. The van der Waals surface area contributed by atoms with Crippen LogP contribution in [0.25, 0.3) is 33.5 Å². The number of aromatic amines is 1. The third kappa shape index (κ3) is 4.29. The number of ether oxygens (including phenoxy) is 1. The van der Waals surface area contributed by atoms with Crippen molar-refractivity contribution < 1.29 is 9.13 Å². The van der Waals surface area contributed by atoms with Crippen molar-refractivity contribution in [3.8, 4) is 22.5 Å². The number of aromatic nitrogens is 4. The number of benzene rings is 1. The summed E-state index contributed by atoms with van der Waals surface area (Å²) in [5, 5.41) is 7.48. The monoisotopic (exact) mass is 466 g/mol. The first kappa shape index (κ1) is 21.8. The number of hydrogen-bond acceptors (Lipinski definition) is 6.